The van der Waals surface area contributed by atoms with Crippen molar-refractivity contribution in [2.24, 2.45) is 0 Å². The van der Waals surface area contributed by atoms with Crippen molar-refractivity contribution in [3.05, 3.63) is 63.8 Å². The molecule has 0 bridgehead atoms. The molecule has 0 N–H and O–H groups in total. The molecule has 0 unspecified atom stereocenters. The first-order chi connectivity index (χ1) is 10.2. The molecule has 0 aliphatic heterocycles. The van der Waals surface area contributed by atoms with Crippen LogP contribution in [0.3, 0.4) is 0 Å². The van der Waals surface area contributed by atoms with Gasteiger partial charge in [0.05, 0.1) is 12.0 Å². The molecule has 106 valence electrons. The van der Waals surface area contributed by atoms with Gasteiger partial charge in [-0.1, -0.05) is 41.9 Å². The molecule has 4 heteroatoms. The van der Waals surface area contributed by atoms with Gasteiger partial charge in [-0.15, -0.1) is 0 Å². The van der Waals surface area contributed by atoms with Gasteiger partial charge in [0, 0.05) is 10.6 Å². The first-order valence-corrected chi connectivity index (χ1v) is 7.03. The van der Waals surface area contributed by atoms with E-state index in [1.807, 2.05) is 37.3 Å². The maximum Gasteiger partial charge on any atom is 0.235 e. The van der Waals surface area contributed by atoms with Crippen molar-refractivity contribution in [3.63, 3.8) is 0 Å². The number of hydrogen-bond acceptors (Lipinski definition) is 3. The van der Waals surface area contributed by atoms with Crippen LogP contribution in [0.2, 0.25) is 5.02 Å². The topological polar surface area (TPSA) is 39.4 Å². The molecule has 2 aromatic carbocycles. The molecule has 0 radical (unpaired) electrons. The molecule has 1 aromatic heterocycles. The Bertz CT molecular complexity index is 838. The van der Waals surface area contributed by atoms with Gasteiger partial charge < -0.3 is 9.15 Å². The lowest BCUT2D eigenvalue weighted by Gasteiger charge is -2.10. The Morgan fingerprint density at radius 3 is 2.62 bits per heavy atom. The summed E-state index contributed by atoms with van der Waals surface area (Å²) in [6.07, 6.45) is 0. The SMILES string of the molecule is CCOc1c(-c2ccccc2)oc2ccc(Cl)cc2c1=O. The Kier molecular flexibility index (Phi) is 3.67. The van der Waals surface area contributed by atoms with Crippen LogP contribution in [0.1, 0.15) is 6.92 Å². The van der Waals surface area contributed by atoms with Crippen LogP contribution in [0, 0.1) is 0 Å². The first kappa shape index (κ1) is 13.7. The highest BCUT2D eigenvalue weighted by Crippen LogP contribution is 2.31. The molecule has 0 fully saturated rings. The van der Waals surface area contributed by atoms with Gasteiger partial charge in [0.15, 0.2) is 5.76 Å². The Morgan fingerprint density at radius 2 is 1.90 bits per heavy atom. The van der Waals surface area contributed by atoms with Crippen LogP contribution in [0.4, 0.5) is 0 Å². The molecular weight excluding hydrogens is 288 g/mol. The highest BCUT2D eigenvalue weighted by Gasteiger charge is 2.17. The fourth-order valence-electron chi connectivity index (χ4n) is 2.21. The monoisotopic (exact) mass is 300 g/mol. The van der Waals surface area contributed by atoms with E-state index in [1.165, 1.54) is 0 Å². The minimum atomic E-state index is -0.209. The number of fused-ring (bicyclic) bond motifs is 1. The average Bonchev–Trinajstić information content (AvgIpc) is 2.51. The zero-order valence-corrected chi connectivity index (χ0v) is 12.2. The third-order valence-corrected chi connectivity index (χ3v) is 3.37. The predicted molar refractivity (Wildman–Crippen MR) is 84.1 cm³/mol. The van der Waals surface area contributed by atoms with Gasteiger partial charge in [0.1, 0.15) is 5.58 Å². The van der Waals surface area contributed by atoms with Crippen LogP contribution >= 0.6 is 11.6 Å². The maximum absolute atomic E-state index is 12.6. The van der Waals surface area contributed by atoms with E-state index < -0.39 is 0 Å². The van der Waals surface area contributed by atoms with Gasteiger partial charge in [0.2, 0.25) is 11.2 Å². The minimum absolute atomic E-state index is 0.209. The molecule has 0 saturated heterocycles. The zero-order valence-electron chi connectivity index (χ0n) is 11.4. The third kappa shape index (κ3) is 2.52. The second-order valence-electron chi connectivity index (χ2n) is 4.53. The quantitative estimate of drug-likeness (QED) is 0.714. The molecule has 3 aromatic rings. The van der Waals surface area contributed by atoms with Crippen LogP contribution in [0.25, 0.3) is 22.3 Å². The number of benzene rings is 2. The van der Waals surface area contributed by atoms with Crippen LogP contribution in [0.15, 0.2) is 57.7 Å². The van der Waals surface area contributed by atoms with E-state index in [9.17, 15) is 4.79 Å². The van der Waals surface area contributed by atoms with E-state index in [4.69, 9.17) is 20.8 Å². The van der Waals surface area contributed by atoms with E-state index in [0.717, 1.165) is 5.56 Å². The van der Waals surface area contributed by atoms with Crippen molar-refractivity contribution >= 4 is 22.6 Å². The molecule has 0 aliphatic rings. The van der Waals surface area contributed by atoms with Crippen molar-refractivity contribution in [2.75, 3.05) is 6.61 Å². The molecular formula is C17H13ClO3. The van der Waals surface area contributed by atoms with Gasteiger partial charge in [0.25, 0.3) is 0 Å². The number of ether oxygens (including phenoxy) is 1. The summed E-state index contributed by atoms with van der Waals surface area (Å²) in [6.45, 7) is 2.22. The Hall–Kier alpha value is -2.26. The van der Waals surface area contributed by atoms with E-state index >= 15 is 0 Å². The molecule has 0 amide bonds. The van der Waals surface area contributed by atoms with Crippen LogP contribution in [-0.4, -0.2) is 6.61 Å². The number of halogens is 1. The number of hydrogen-bond donors (Lipinski definition) is 0. The molecule has 1 heterocycles. The van der Waals surface area contributed by atoms with Gasteiger partial charge in [-0.3, -0.25) is 4.79 Å². The Balaban J connectivity index is 2.36. The summed E-state index contributed by atoms with van der Waals surface area (Å²) >= 11 is 5.96. The lowest BCUT2D eigenvalue weighted by atomic mass is 10.1. The summed E-state index contributed by atoms with van der Waals surface area (Å²) in [5.74, 6) is 0.663. The molecule has 21 heavy (non-hydrogen) atoms. The summed E-state index contributed by atoms with van der Waals surface area (Å²) in [6, 6.07) is 14.4. The maximum atomic E-state index is 12.6. The summed E-state index contributed by atoms with van der Waals surface area (Å²) in [5, 5.41) is 0.912. The van der Waals surface area contributed by atoms with Gasteiger partial charge in [-0.05, 0) is 25.1 Å². The summed E-state index contributed by atoms with van der Waals surface area (Å²) < 4.78 is 11.4. The van der Waals surface area contributed by atoms with Gasteiger partial charge in [-0.25, -0.2) is 0 Å². The second-order valence-corrected chi connectivity index (χ2v) is 4.97. The minimum Gasteiger partial charge on any atom is -0.487 e. The molecule has 0 aliphatic carbocycles. The smallest absolute Gasteiger partial charge is 0.235 e. The summed E-state index contributed by atoms with van der Waals surface area (Å²) in [5.41, 5.74) is 1.08. The standard InChI is InChI=1S/C17H13ClO3/c1-2-20-17-15(19)13-10-12(18)8-9-14(13)21-16(17)11-6-4-3-5-7-11/h3-10H,2H2,1H3. The summed E-state index contributed by atoms with van der Waals surface area (Å²) in [4.78, 5) is 12.6. The lowest BCUT2D eigenvalue weighted by molar-refractivity contribution is 0.330. The zero-order chi connectivity index (χ0) is 14.8. The van der Waals surface area contributed by atoms with E-state index in [1.54, 1.807) is 18.2 Å². The first-order valence-electron chi connectivity index (χ1n) is 6.65. The fourth-order valence-corrected chi connectivity index (χ4v) is 2.38. The van der Waals surface area contributed by atoms with Crippen LogP contribution in [0.5, 0.6) is 5.75 Å². The van der Waals surface area contributed by atoms with Crippen LogP contribution in [-0.2, 0) is 0 Å². The largest absolute Gasteiger partial charge is 0.487 e. The summed E-state index contributed by atoms with van der Waals surface area (Å²) in [7, 11) is 0. The van der Waals surface area contributed by atoms with Crippen molar-refractivity contribution in [3.8, 4) is 17.1 Å². The van der Waals surface area contributed by atoms with E-state index in [0.29, 0.717) is 28.4 Å². The fraction of sp³-hybridized carbons (Fsp3) is 0.118. The highest BCUT2D eigenvalue weighted by molar-refractivity contribution is 6.31. The normalized spacial score (nSPS) is 10.8. The van der Waals surface area contributed by atoms with E-state index in [2.05, 4.69) is 0 Å². The van der Waals surface area contributed by atoms with Crippen LogP contribution < -0.4 is 10.2 Å². The van der Waals surface area contributed by atoms with Gasteiger partial charge in [-0.2, -0.15) is 0 Å². The molecule has 0 spiro atoms. The van der Waals surface area contributed by atoms with E-state index in [-0.39, 0.29) is 11.2 Å². The third-order valence-electron chi connectivity index (χ3n) is 3.14. The molecule has 0 atom stereocenters. The second kappa shape index (κ2) is 5.62. The average molecular weight is 301 g/mol. The lowest BCUT2D eigenvalue weighted by Crippen LogP contribution is -2.09. The highest BCUT2D eigenvalue weighted by atomic mass is 35.5. The molecule has 0 saturated carbocycles. The van der Waals surface area contributed by atoms with Crippen molar-refractivity contribution in [2.45, 2.75) is 6.92 Å². The Labute approximate surface area is 126 Å². The van der Waals surface area contributed by atoms with Crippen molar-refractivity contribution in [1.29, 1.82) is 0 Å². The predicted octanol–water partition coefficient (Wildman–Crippen LogP) is 4.51. The Morgan fingerprint density at radius 1 is 1.14 bits per heavy atom. The van der Waals surface area contributed by atoms with Gasteiger partial charge >= 0.3 is 0 Å². The number of rotatable bonds is 3. The van der Waals surface area contributed by atoms with Crippen molar-refractivity contribution < 1.29 is 9.15 Å². The van der Waals surface area contributed by atoms with Crippen molar-refractivity contribution in [1.82, 2.24) is 0 Å². The molecule has 3 rings (SSSR count). The molecule has 3 nitrogen and oxygen atoms in total.